The molecule has 1 aliphatic heterocycles. The van der Waals surface area contributed by atoms with Gasteiger partial charge in [-0.3, -0.25) is 4.79 Å². The number of sulfone groups is 1. The van der Waals surface area contributed by atoms with E-state index in [1.807, 2.05) is 62.4 Å². The second-order valence-electron chi connectivity index (χ2n) is 12.5. The zero-order chi connectivity index (χ0) is 32.3. The van der Waals surface area contributed by atoms with Crippen molar-refractivity contribution in [1.29, 1.82) is 0 Å². The summed E-state index contributed by atoms with van der Waals surface area (Å²) in [5.41, 5.74) is 5.44. The molecule has 45 heavy (non-hydrogen) atoms. The van der Waals surface area contributed by atoms with Crippen molar-refractivity contribution in [2.75, 3.05) is 38.8 Å². The molecule has 3 N–H and O–H groups in total. The third-order valence-corrected chi connectivity index (χ3v) is 9.94. The highest BCUT2D eigenvalue weighted by Crippen LogP contribution is 2.32. The molecule has 10 heteroatoms. The van der Waals surface area contributed by atoms with Gasteiger partial charge in [0.2, 0.25) is 5.91 Å². The highest BCUT2D eigenvalue weighted by atomic mass is 32.2. The Hall–Kier alpha value is -4.15. The van der Waals surface area contributed by atoms with Crippen LogP contribution in [0.4, 0.5) is 10.5 Å². The lowest BCUT2D eigenvalue weighted by Gasteiger charge is -2.34. The number of carbonyl (C=O) groups is 2. The average molecular weight is 630 g/mol. The predicted molar refractivity (Wildman–Crippen MR) is 179 cm³/mol. The number of rotatable bonds is 9. The van der Waals surface area contributed by atoms with Crippen LogP contribution in [0.15, 0.2) is 77.8 Å². The number of carbonyl (C=O) groups excluding carboxylic acids is 2. The number of hydrogen-bond acceptors (Lipinski definition) is 5. The van der Waals surface area contributed by atoms with Gasteiger partial charge in [0.15, 0.2) is 9.84 Å². The van der Waals surface area contributed by atoms with E-state index in [1.54, 1.807) is 17.0 Å². The molecule has 3 aromatic carbocycles. The summed E-state index contributed by atoms with van der Waals surface area (Å²) in [7, 11) is 0.193. The molecular weight excluding hydrogens is 586 g/mol. The van der Waals surface area contributed by atoms with Crippen LogP contribution in [-0.2, 0) is 21.2 Å². The van der Waals surface area contributed by atoms with Crippen molar-refractivity contribution in [2.24, 2.45) is 0 Å². The molecule has 1 aliphatic rings. The van der Waals surface area contributed by atoms with E-state index >= 15 is 0 Å². The van der Waals surface area contributed by atoms with E-state index in [4.69, 9.17) is 0 Å². The molecule has 0 bridgehead atoms. The number of anilines is 1. The lowest BCUT2D eigenvalue weighted by atomic mass is 9.87. The molecule has 0 radical (unpaired) electrons. The maximum absolute atomic E-state index is 14.1. The molecule has 2 unspecified atom stereocenters. The van der Waals surface area contributed by atoms with E-state index in [0.717, 1.165) is 41.1 Å². The van der Waals surface area contributed by atoms with Gasteiger partial charge in [-0.15, -0.1) is 0 Å². The summed E-state index contributed by atoms with van der Waals surface area (Å²) >= 11 is 0. The van der Waals surface area contributed by atoms with Crippen LogP contribution in [-0.4, -0.2) is 74.6 Å². The Balaban J connectivity index is 1.41. The number of para-hydroxylation sites is 1. The molecule has 0 saturated carbocycles. The van der Waals surface area contributed by atoms with Gasteiger partial charge in [0.05, 0.1) is 10.6 Å². The number of aryl methyl sites for hydroxylation is 1. The SMILES string of the molecule is Cc1ccccc1C1CCN(C(=O)NC(C(=O)Nc2cc(CN(C)C)ccc2S(C)(=O)=O)C(C)c2c[nH]c3ccccc23)CC1. The number of nitrogens with one attached hydrogen (secondary N) is 3. The number of H-pyrrole nitrogens is 1. The molecule has 4 aromatic rings. The van der Waals surface area contributed by atoms with Gasteiger partial charge in [-0.2, -0.15) is 0 Å². The third-order valence-electron chi connectivity index (χ3n) is 8.78. The van der Waals surface area contributed by atoms with Crippen molar-refractivity contribution in [3.8, 4) is 0 Å². The fourth-order valence-corrected chi connectivity index (χ4v) is 7.23. The second-order valence-corrected chi connectivity index (χ2v) is 14.4. The summed E-state index contributed by atoms with van der Waals surface area (Å²) in [6.45, 7) is 5.74. The topological polar surface area (TPSA) is 115 Å². The minimum Gasteiger partial charge on any atom is -0.361 e. The first-order valence-corrected chi connectivity index (χ1v) is 17.3. The lowest BCUT2D eigenvalue weighted by Crippen LogP contribution is -2.53. The van der Waals surface area contributed by atoms with Crippen molar-refractivity contribution in [3.05, 3.63) is 95.2 Å². The van der Waals surface area contributed by atoms with Crippen LogP contribution in [0.5, 0.6) is 0 Å². The smallest absolute Gasteiger partial charge is 0.318 e. The van der Waals surface area contributed by atoms with E-state index in [1.165, 1.54) is 17.2 Å². The van der Waals surface area contributed by atoms with Gasteiger partial charge >= 0.3 is 6.03 Å². The fourth-order valence-electron chi connectivity index (χ4n) is 6.40. The van der Waals surface area contributed by atoms with Crippen molar-refractivity contribution < 1.29 is 18.0 Å². The zero-order valence-electron chi connectivity index (χ0n) is 26.6. The standard InChI is InChI=1S/C35H43N5O4S/c1-23-10-6-7-11-27(23)26-16-18-40(19-17-26)35(42)38-33(24(2)29-21-36-30-13-9-8-12-28(29)30)34(41)37-31-20-25(22-39(3)4)14-15-32(31)45(5,43)44/h6-15,20-21,24,26,33,36H,16-19,22H2,1-5H3,(H,37,41)(H,38,42). The maximum atomic E-state index is 14.1. The third kappa shape index (κ3) is 7.40. The Bertz CT molecular complexity index is 1790. The van der Waals surface area contributed by atoms with Gasteiger partial charge in [-0.05, 0) is 80.2 Å². The number of benzene rings is 3. The molecule has 1 saturated heterocycles. The molecule has 238 valence electrons. The second kappa shape index (κ2) is 13.5. The van der Waals surface area contributed by atoms with Gasteiger partial charge in [0, 0.05) is 48.9 Å². The lowest BCUT2D eigenvalue weighted by molar-refractivity contribution is -0.118. The molecular formula is C35H43N5O4S. The number of urea groups is 1. The first kappa shape index (κ1) is 32.2. The van der Waals surface area contributed by atoms with Gasteiger partial charge in [0.25, 0.3) is 0 Å². The van der Waals surface area contributed by atoms with E-state index in [0.29, 0.717) is 25.6 Å². The minimum atomic E-state index is -3.64. The molecule has 2 heterocycles. The Morgan fingerprint density at radius 1 is 1.02 bits per heavy atom. The van der Waals surface area contributed by atoms with Crippen LogP contribution in [0.25, 0.3) is 10.9 Å². The number of hydrogen-bond donors (Lipinski definition) is 3. The predicted octanol–water partition coefficient (Wildman–Crippen LogP) is 5.64. The van der Waals surface area contributed by atoms with Crippen LogP contribution in [0.1, 0.15) is 53.9 Å². The normalized spacial score (nSPS) is 15.6. The number of fused-ring (bicyclic) bond motifs is 1. The average Bonchev–Trinajstić information content (AvgIpc) is 3.43. The number of amides is 3. The van der Waals surface area contributed by atoms with Gasteiger partial charge in [0.1, 0.15) is 6.04 Å². The highest BCUT2D eigenvalue weighted by molar-refractivity contribution is 7.90. The van der Waals surface area contributed by atoms with Crippen LogP contribution in [0.2, 0.25) is 0 Å². The van der Waals surface area contributed by atoms with E-state index < -0.39 is 27.7 Å². The van der Waals surface area contributed by atoms with Crippen LogP contribution in [0.3, 0.4) is 0 Å². The molecule has 0 aliphatic carbocycles. The van der Waals surface area contributed by atoms with E-state index in [-0.39, 0.29) is 16.6 Å². The molecule has 0 spiro atoms. The van der Waals surface area contributed by atoms with E-state index in [2.05, 4.69) is 40.7 Å². The van der Waals surface area contributed by atoms with Crippen molar-refractivity contribution in [1.82, 2.24) is 20.1 Å². The van der Waals surface area contributed by atoms with Gasteiger partial charge in [-0.25, -0.2) is 13.2 Å². The summed E-state index contributed by atoms with van der Waals surface area (Å²) in [6, 6.07) is 19.9. The number of aromatic nitrogens is 1. The minimum absolute atomic E-state index is 0.0291. The zero-order valence-corrected chi connectivity index (χ0v) is 27.4. The highest BCUT2D eigenvalue weighted by Gasteiger charge is 2.33. The maximum Gasteiger partial charge on any atom is 0.318 e. The monoisotopic (exact) mass is 629 g/mol. The first-order valence-electron chi connectivity index (χ1n) is 15.4. The summed E-state index contributed by atoms with van der Waals surface area (Å²) in [5, 5.41) is 6.88. The number of piperidine rings is 1. The van der Waals surface area contributed by atoms with Gasteiger partial charge < -0.3 is 25.4 Å². The summed E-state index contributed by atoms with van der Waals surface area (Å²) < 4.78 is 25.4. The quantitative estimate of drug-likeness (QED) is 0.222. The number of nitrogens with zero attached hydrogens (tertiary/aromatic N) is 2. The molecule has 9 nitrogen and oxygen atoms in total. The first-order chi connectivity index (χ1) is 21.4. The fraction of sp³-hybridized carbons (Fsp3) is 0.371. The van der Waals surface area contributed by atoms with Crippen molar-refractivity contribution in [3.63, 3.8) is 0 Å². The molecule has 5 rings (SSSR count). The number of likely N-dealkylation sites (tertiary alicyclic amines) is 1. The van der Waals surface area contributed by atoms with Crippen molar-refractivity contribution >= 4 is 38.4 Å². The Morgan fingerprint density at radius 3 is 2.40 bits per heavy atom. The van der Waals surface area contributed by atoms with Crippen LogP contribution < -0.4 is 10.6 Å². The summed E-state index contributed by atoms with van der Waals surface area (Å²) in [5.74, 6) is -0.535. The molecule has 2 atom stereocenters. The molecule has 1 aromatic heterocycles. The Kier molecular flexibility index (Phi) is 9.65. The summed E-state index contributed by atoms with van der Waals surface area (Å²) in [4.78, 5) is 34.9. The Labute approximate surface area is 265 Å². The molecule has 1 fully saturated rings. The van der Waals surface area contributed by atoms with Crippen LogP contribution in [0, 0.1) is 6.92 Å². The molecule has 3 amide bonds. The largest absolute Gasteiger partial charge is 0.361 e. The Morgan fingerprint density at radius 2 is 1.71 bits per heavy atom. The van der Waals surface area contributed by atoms with Crippen LogP contribution >= 0.6 is 0 Å². The van der Waals surface area contributed by atoms with E-state index in [9.17, 15) is 18.0 Å². The number of aromatic amines is 1. The van der Waals surface area contributed by atoms with Crippen molar-refractivity contribution in [2.45, 2.75) is 56.0 Å². The summed E-state index contributed by atoms with van der Waals surface area (Å²) in [6.07, 6.45) is 4.67. The van der Waals surface area contributed by atoms with Gasteiger partial charge in [-0.1, -0.05) is 55.5 Å².